The summed E-state index contributed by atoms with van der Waals surface area (Å²) in [6, 6.07) is 3.67. The van der Waals surface area contributed by atoms with E-state index in [1.54, 1.807) is 0 Å². The smallest absolute Gasteiger partial charge is 0.295 e. The minimum Gasteiger partial charge on any atom is -0.363 e. The molecule has 1 aromatic carbocycles. The molecule has 2 aliphatic rings. The summed E-state index contributed by atoms with van der Waals surface area (Å²) in [6.07, 6.45) is 4.54. The Bertz CT molecular complexity index is 654. The van der Waals surface area contributed by atoms with Crippen LogP contribution < -0.4 is 4.90 Å². The fraction of sp³-hybridized carbons (Fsp3) is 0.611. The lowest BCUT2D eigenvalue weighted by Crippen LogP contribution is -2.50. The SMILES string of the molecule is O=C(CN1CCN(c2ccc(F)cc2[N+](=O)[O-])CC1)N1CCCCCC1. The summed E-state index contributed by atoms with van der Waals surface area (Å²) in [7, 11) is 0. The van der Waals surface area contributed by atoms with Crippen LogP contribution >= 0.6 is 0 Å². The van der Waals surface area contributed by atoms with E-state index in [1.807, 2.05) is 9.80 Å². The predicted octanol–water partition coefficient (Wildman–Crippen LogP) is 2.26. The molecule has 3 rings (SSSR count). The second-order valence-electron chi connectivity index (χ2n) is 6.95. The van der Waals surface area contributed by atoms with Gasteiger partial charge in [-0.2, -0.15) is 0 Å². The van der Waals surface area contributed by atoms with Crippen LogP contribution in [0.1, 0.15) is 25.7 Å². The minimum absolute atomic E-state index is 0.174. The lowest BCUT2D eigenvalue weighted by molar-refractivity contribution is -0.384. The number of carbonyl (C=O) groups is 1. The second kappa shape index (κ2) is 8.44. The Balaban J connectivity index is 1.56. The van der Waals surface area contributed by atoms with E-state index in [9.17, 15) is 19.3 Å². The zero-order chi connectivity index (χ0) is 18.5. The van der Waals surface area contributed by atoms with E-state index in [4.69, 9.17) is 0 Å². The molecule has 0 aromatic heterocycles. The summed E-state index contributed by atoms with van der Waals surface area (Å²) in [4.78, 5) is 29.1. The average Bonchev–Trinajstić information content (AvgIpc) is 2.92. The number of rotatable bonds is 4. The third kappa shape index (κ3) is 4.49. The van der Waals surface area contributed by atoms with E-state index in [1.165, 1.54) is 25.0 Å². The molecule has 0 spiro atoms. The average molecular weight is 364 g/mol. The summed E-state index contributed by atoms with van der Waals surface area (Å²) < 4.78 is 13.3. The van der Waals surface area contributed by atoms with Crippen LogP contribution in [0.4, 0.5) is 15.8 Å². The number of nitro benzene ring substituents is 1. The number of carbonyl (C=O) groups excluding carboxylic acids is 1. The molecular formula is C18H25FN4O3. The molecule has 1 aromatic rings. The maximum Gasteiger partial charge on any atom is 0.295 e. The van der Waals surface area contributed by atoms with Crippen molar-refractivity contribution in [2.45, 2.75) is 25.7 Å². The fourth-order valence-corrected chi connectivity index (χ4v) is 3.67. The van der Waals surface area contributed by atoms with Crippen molar-refractivity contribution in [1.82, 2.24) is 9.80 Å². The minimum atomic E-state index is -0.609. The Morgan fingerprint density at radius 3 is 2.31 bits per heavy atom. The highest BCUT2D eigenvalue weighted by Crippen LogP contribution is 2.29. The number of hydrogen-bond acceptors (Lipinski definition) is 5. The van der Waals surface area contributed by atoms with E-state index >= 15 is 0 Å². The van der Waals surface area contributed by atoms with Crippen LogP contribution in [0.25, 0.3) is 0 Å². The van der Waals surface area contributed by atoms with Gasteiger partial charge in [0.25, 0.3) is 5.69 Å². The lowest BCUT2D eigenvalue weighted by Gasteiger charge is -2.36. The monoisotopic (exact) mass is 364 g/mol. The number of nitro groups is 1. The van der Waals surface area contributed by atoms with Gasteiger partial charge in [-0.1, -0.05) is 12.8 Å². The van der Waals surface area contributed by atoms with Gasteiger partial charge in [-0.25, -0.2) is 4.39 Å². The fourth-order valence-electron chi connectivity index (χ4n) is 3.67. The molecule has 0 bridgehead atoms. The topological polar surface area (TPSA) is 69.9 Å². The first-order chi connectivity index (χ1) is 12.5. The molecule has 0 unspecified atom stereocenters. The van der Waals surface area contributed by atoms with Gasteiger partial charge in [-0.15, -0.1) is 0 Å². The van der Waals surface area contributed by atoms with Gasteiger partial charge in [0.1, 0.15) is 11.5 Å². The second-order valence-corrected chi connectivity index (χ2v) is 6.95. The van der Waals surface area contributed by atoms with Gasteiger partial charge < -0.3 is 9.80 Å². The molecule has 0 aliphatic carbocycles. The number of hydrogen-bond donors (Lipinski definition) is 0. The standard InChI is InChI=1S/C18H25FN4O3/c19-15-5-6-16(17(13-15)23(25)26)21-11-9-20(10-12-21)14-18(24)22-7-3-1-2-4-8-22/h5-6,13H,1-4,7-12,14H2. The van der Waals surface area contributed by atoms with E-state index in [-0.39, 0.29) is 11.6 Å². The Hall–Kier alpha value is -2.22. The molecule has 142 valence electrons. The van der Waals surface area contributed by atoms with Gasteiger partial charge in [-0.05, 0) is 25.0 Å². The molecule has 0 saturated carbocycles. The molecule has 1 amide bonds. The van der Waals surface area contributed by atoms with Crippen molar-refractivity contribution in [3.8, 4) is 0 Å². The van der Waals surface area contributed by atoms with Crippen molar-refractivity contribution in [1.29, 1.82) is 0 Å². The maximum absolute atomic E-state index is 13.3. The first-order valence-corrected chi connectivity index (χ1v) is 9.23. The number of halogens is 1. The van der Waals surface area contributed by atoms with Crippen LogP contribution in [-0.2, 0) is 4.79 Å². The van der Waals surface area contributed by atoms with Crippen LogP contribution in [0, 0.1) is 15.9 Å². The van der Waals surface area contributed by atoms with E-state index in [0.717, 1.165) is 32.0 Å². The molecule has 8 heteroatoms. The Morgan fingerprint density at radius 1 is 1.04 bits per heavy atom. The first kappa shape index (κ1) is 18.6. The van der Waals surface area contributed by atoms with Gasteiger partial charge in [0.15, 0.2) is 0 Å². The van der Waals surface area contributed by atoms with Crippen molar-refractivity contribution in [2.75, 3.05) is 50.7 Å². The summed E-state index contributed by atoms with van der Waals surface area (Å²) >= 11 is 0. The van der Waals surface area contributed by atoms with Crippen molar-refractivity contribution in [3.63, 3.8) is 0 Å². The van der Waals surface area contributed by atoms with Crippen LogP contribution in [0.3, 0.4) is 0 Å². The third-order valence-electron chi connectivity index (χ3n) is 5.16. The first-order valence-electron chi connectivity index (χ1n) is 9.23. The molecule has 7 nitrogen and oxygen atoms in total. The molecule has 2 saturated heterocycles. The highest BCUT2D eigenvalue weighted by Gasteiger charge is 2.26. The summed E-state index contributed by atoms with van der Waals surface area (Å²) in [6.45, 7) is 4.59. The Labute approximate surface area is 152 Å². The Morgan fingerprint density at radius 2 is 1.69 bits per heavy atom. The molecule has 0 atom stereocenters. The van der Waals surface area contributed by atoms with Gasteiger partial charge in [0.2, 0.25) is 5.91 Å². The lowest BCUT2D eigenvalue weighted by atomic mass is 10.2. The van der Waals surface area contributed by atoms with Crippen LogP contribution in [0.15, 0.2) is 18.2 Å². The van der Waals surface area contributed by atoms with Crippen LogP contribution in [0.5, 0.6) is 0 Å². The number of likely N-dealkylation sites (tertiary alicyclic amines) is 1. The third-order valence-corrected chi connectivity index (χ3v) is 5.16. The number of piperazine rings is 1. The van der Waals surface area contributed by atoms with Crippen LogP contribution in [0.2, 0.25) is 0 Å². The molecule has 2 heterocycles. The van der Waals surface area contributed by atoms with Crippen LogP contribution in [-0.4, -0.2) is 66.4 Å². The van der Waals surface area contributed by atoms with Gasteiger partial charge >= 0.3 is 0 Å². The highest BCUT2D eigenvalue weighted by atomic mass is 19.1. The van der Waals surface area contributed by atoms with E-state index < -0.39 is 10.7 Å². The normalized spacial score (nSPS) is 19.3. The number of nitrogens with zero attached hydrogens (tertiary/aromatic N) is 4. The number of benzene rings is 1. The zero-order valence-corrected chi connectivity index (χ0v) is 14.9. The summed E-state index contributed by atoms with van der Waals surface area (Å²) in [5, 5.41) is 11.2. The van der Waals surface area contributed by atoms with Crippen molar-refractivity contribution < 1.29 is 14.1 Å². The Kier molecular flexibility index (Phi) is 6.03. The van der Waals surface area contributed by atoms with E-state index in [2.05, 4.69) is 4.90 Å². The molecule has 2 aliphatic heterocycles. The quantitative estimate of drug-likeness (QED) is 0.605. The molecule has 0 radical (unpaired) electrons. The van der Waals surface area contributed by atoms with E-state index in [0.29, 0.717) is 38.4 Å². The molecule has 2 fully saturated rings. The number of amides is 1. The van der Waals surface area contributed by atoms with Gasteiger partial charge in [-0.3, -0.25) is 19.8 Å². The number of anilines is 1. The molecule has 0 N–H and O–H groups in total. The summed E-state index contributed by atoms with van der Waals surface area (Å²) in [5.41, 5.74) is 0.231. The van der Waals surface area contributed by atoms with Crippen molar-refractivity contribution in [2.24, 2.45) is 0 Å². The molecular weight excluding hydrogens is 339 g/mol. The summed E-state index contributed by atoms with van der Waals surface area (Å²) in [5.74, 6) is -0.435. The predicted molar refractivity (Wildman–Crippen MR) is 96.8 cm³/mol. The van der Waals surface area contributed by atoms with Crippen molar-refractivity contribution >= 4 is 17.3 Å². The largest absolute Gasteiger partial charge is 0.363 e. The highest BCUT2D eigenvalue weighted by molar-refractivity contribution is 5.78. The maximum atomic E-state index is 13.3. The zero-order valence-electron chi connectivity index (χ0n) is 14.9. The van der Waals surface area contributed by atoms with Gasteiger partial charge in [0, 0.05) is 39.3 Å². The van der Waals surface area contributed by atoms with Gasteiger partial charge in [0.05, 0.1) is 17.5 Å². The van der Waals surface area contributed by atoms with Crippen molar-refractivity contribution in [3.05, 3.63) is 34.1 Å². The molecule has 26 heavy (non-hydrogen) atoms.